The second-order valence-electron chi connectivity index (χ2n) is 9.61. The number of rotatable bonds is 7. The average molecular weight is 462 g/mol. The largest absolute Gasteiger partial charge is 0.459 e. The molecule has 0 aliphatic carbocycles. The number of aromatic amines is 1. The fourth-order valence-corrected chi connectivity index (χ4v) is 4.63. The monoisotopic (exact) mass is 461 g/mol. The van der Waals surface area contributed by atoms with Crippen LogP contribution in [0.3, 0.4) is 0 Å². The van der Waals surface area contributed by atoms with Gasteiger partial charge in [-0.1, -0.05) is 0 Å². The Bertz CT molecular complexity index is 857. The van der Waals surface area contributed by atoms with Crippen LogP contribution in [0.4, 0.5) is 0 Å². The number of likely N-dealkylation sites (tertiary alicyclic amines) is 1. The van der Waals surface area contributed by atoms with Gasteiger partial charge in [0.2, 0.25) is 5.91 Å². The van der Waals surface area contributed by atoms with Gasteiger partial charge >= 0.3 is 5.97 Å². The number of ether oxygens (including phenoxy) is 1. The molecule has 33 heavy (non-hydrogen) atoms. The standard InChI is InChI=1S/C24H39N5O4/c1-16(2)33-24(32)20-17(3)21(26-18(20)4)23(31)29-9-6-7-19(15-29)22(30)25-8-10-28-13-11-27(5)12-14-28/h16,19,26H,6-15H2,1-5H3,(H,25,30)/t19-/m1/s1. The minimum absolute atomic E-state index is 0.0159. The van der Waals surface area contributed by atoms with Crippen molar-refractivity contribution in [1.29, 1.82) is 0 Å². The molecule has 184 valence electrons. The summed E-state index contributed by atoms with van der Waals surface area (Å²) in [4.78, 5) is 48.0. The number of carbonyl (C=O) groups is 3. The Morgan fingerprint density at radius 3 is 2.48 bits per heavy atom. The molecule has 2 saturated heterocycles. The predicted molar refractivity (Wildman–Crippen MR) is 126 cm³/mol. The topological polar surface area (TPSA) is 98.0 Å². The summed E-state index contributed by atoms with van der Waals surface area (Å²) in [5.74, 6) is -0.792. The van der Waals surface area contributed by atoms with Gasteiger partial charge in [0, 0.05) is 58.1 Å². The lowest BCUT2D eigenvalue weighted by atomic mass is 9.96. The van der Waals surface area contributed by atoms with Crippen molar-refractivity contribution in [2.24, 2.45) is 5.92 Å². The molecule has 1 aromatic rings. The molecule has 1 aromatic heterocycles. The molecular formula is C24H39N5O4. The maximum atomic E-state index is 13.2. The van der Waals surface area contributed by atoms with Crippen molar-refractivity contribution in [3.63, 3.8) is 0 Å². The first kappa shape index (κ1) is 25.2. The van der Waals surface area contributed by atoms with Gasteiger partial charge in [0.15, 0.2) is 0 Å². The second-order valence-corrected chi connectivity index (χ2v) is 9.61. The van der Waals surface area contributed by atoms with Crippen LogP contribution in [0.2, 0.25) is 0 Å². The molecule has 9 heteroatoms. The zero-order chi connectivity index (χ0) is 24.1. The molecule has 2 fully saturated rings. The van der Waals surface area contributed by atoms with Gasteiger partial charge in [-0.05, 0) is 53.1 Å². The van der Waals surface area contributed by atoms with Crippen molar-refractivity contribution in [1.82, 2.24) is 25.0 Å². The number of amides is 2. The van der Waals surface area contributed by atoms with Crippen molar-refractivity contribution >= 4 is 17.8 Å². The van der Waals surface area contributed by atoms with E-state index in [2.05, 4.69) is 27.1 Å². The molecule has 1 atom stereocenters. The summed E-state index contributed by atoms with van der Waals surface area (Å²) >= 11 is 0. The van der Waals surface area contributed by atoms with Gasteiger partial charge in [-0.15, -0.1) is 0 Å². The lowest BCUT2D eigenvalue weighted by Gasteiger charge is -2.33. The number of aromatic nitrogens is 1. The van der Waals surface area contributed by atoms with E-state index >= 15 is 0 Å². The molecule has 2 aliphatic rings. The van der Waals surface area contributed by atoms with E-state index < -0.39 is 5.97 Å². The summed E-state index contributed by atoms with van der Waals surface area (Å²) in [6, 6.07) is 0. The maximum Gasteiger partial charge on any atom is 0.340 e. The van der Waals surface area contributed by atoms with Crippen LogP contribution in [0.1, 0.15) is 58.8 Å². The molecule has 0 saturated carbocycles. The minimum atomic E-state index is -0.424. The highest BCUT2D eigenvalue weighted by molar-refractivity contribution is 6.00. The molecule has 2 amide bonds. The number of piperidine rings is 1. The Labute approximate surface area is 196 Å². The van der Waals surface area contributed by atoms with Crippen LogP contribution in [-0.4, -0.2) is 103 Å². The Morgan fingerprint density at radius 1 is 1.12 bits per heavy atom. The maximum absolute atomic E-state index is 13.2. The molecule has 3 rings (SSSR count). The number of aryl methyl sites for hydroxylation is 1. The van der Waals surface area contributed by atoms with E-state index in [1.54, 1.807) is 32.6 Å². The van der Waals surface area contributed by atoms with Crippen molar-refractivity contribution in [2.45, 2.75) is 46.6 Å². The van der Waals surface area contributed by atoms with Gasteiger partial charge in [-0.3, -0.25) is 14.5 Å². The number of H-pyrrole nitrogens is 1. The second kappa shape index (κ2) is 11.2. The highest BCUT2D eigenvalue weighted by Gasteiger charge is 2.32. The van der Waals surface area contributed by atoms with Crippen LogP contribution in [-0.2, 0) is 9.53 Å². The number of hydrogen-bond donors (Lipinski definition) is 2. The van der Waals surface area contributed by atoms with Crippen LogP contribution in [0.15, 0.2) is 0 Å². The molecule has 0 radical (unpaired) electrons. The molecule has 0 aromatic carbocycles. The number of piperazine rings is 1. The molecule has 0 spiro atoms. The third-order valence-electron chi connectivity index (χ3n) is 6.60. The molecule has 9 nitrogen and oxygen atoms in total. The summed E-state index contributed by atoms with van der Waals surface area (Å²) in [7, 11) is 2.13. The number of nitrogens with one attached hydrogen (secondary N) is 2. The quantitative estimate of drug-likeness (QED) is 0.596. The van der Waals surface area contributed by atoms with Gasteiger partial charge < -0.3 is 24.8 Å². The van der Waals surface area contributed by atoms with Gasteiger partial charge in [0.05, 0.1) is 17.6 Å². The van der Waals surface area contributed by atoms with Gasteiger partial charge in [0.25, 0.3) is 5.91 Å². The number of esters is 1. The third-order valence-corrected chi connectivity index (χ3v) is 6.60. The van der Waals surface area contributed by atoms with Crippen LogP contribution in [0, 0.1) is 19.8 Å². The van der Waals surface area contributed by atoms with Crippen molar-refractivity contribution in [3.05, 3.63) is 22.5 Å². The number of hydrogen-bond acceptors (Lipinski definition) is 6. The van der Waals surface area contributed by atoms with E-state index in [4.69, 9.17) is 4.74 Å². The summed E-state index contributed by atoms with van der Waals surface area (Å²) in [5.41, 5.74) is 2.04. The Kier molecular flexibility index (Phi) is 8.53. The molecule has 0 unspecified atom stereocenters. The zero-order valence-corrected chi connectivity index (χ0v) is 20.7. The van der Waals surface area contributed by atoms with Crippen LogP contribution < -0.4 is 5.32 Å². The van der Waals surface area contributed by atoms with Gasteiger partial charge in [0.1, 0.15) is 5.69 Å². The van der Waals surface area contributed by atoms with Crippen LogP contribution >= 0.6 is 0 Å². The van der Waals surface area contributed by atoms with Crippen LogP contribution in [0.25, 0.3) is 0 Å². The number of nitrogens with zero attached hydrogens (tertiary/aromatic N) is 3. The highest BCUT2D eigenvalue weighted by atomic mass is 16.5. The SMILES string of the molecule is Cc1[nH]c(C(=O)N2CCC[C@@H](C(=O)NCCN3CCN(C)CC3)C2)c(C)c1C(=O)OC(C)C. The summed E-state index contributed by atoms with van der Waals surface area (Å²) in [5, 5.41) is 3.07. The van der Waals surface area contributed by atoms with Gasteiger partial charge in [-0.2, -0.15) is 0 Å². The van der Waals surface area contributed by atoms with E-state index in [0.29, 0.717) is 42.1 Å². The Balaban J connectivity index is 1.56. The lowest BCUT2D eigenvalue weighted by Crippen LogP contribution is -2.49. The first-order valence-corrected chi connectivity index (χ1v) is 12.1. The number of carbonyl (C=O) groups excluding carboxylic acids is 3. The molecule has 0 bridgehead atoms. The summed E-state index contributed by atoms with van der Waals surface area (Å²) in [6.07, 6.45) is 1.32. The average Bonchev–Trinajstić information content (AvgIpc) is 3.08. The molecule has 2 aliphatic heterocycles. The van der Waals surface area contributed by atoms with E-state index in [-0.39, 0.29) is 23.8 Å². The highest BCUT2D eigenvalue weighted by Crippen LogP contribution is 2.24. The Hall–Kier alpha value is -2.39. The van der Waals surface area contributed by atoms with Crippen molar-refractivity contribution in [3.8, 4) is 0 Å². The van der Waals surface area contributed by atoms with E-state index in [9.17, 15) is 14.4 Å². The Morgan fingerprint density at radius 2 is 1.82 bits per heavy atom. The third kappa shape index (κ3) is 6.35. The first-order valence-electron chi connectivity index (χ1n) is 12.1. The van der Waals surface area contributed by atoms with Crippen molar-refractivity contribution < 1.29 is 19.1 Å². The summed E-state index contributed by atoms with van der Waals surface area (Å²) in [6.45, 7) is 13.8. The summed E-state index contributed by atoms with van der Waals surface area (Å²) < 4.78 is 5.33. The predicted octanol–water partition coefficient (Wildman–Crippen LogP) is 1.41. The lowest BCUT2D eigenvalue weighted by molar-refractivity contribution is -0.126. The molecule has 2 N–H and O–H groups in total. The van der Waals surface area contributed by atoms with Crippen LogP contribution in [0.5, 0.6) is 0 Å². The van der Waals surface area contributed by atoms with E-state index in [1.807, 2.05) is 0 Å². The smallest absolute Gasteiger partial charge is 0.340 e. The van der Waals surface area contributed by atoms with Crippen molar-refractivity contribution in [2.75, 3.05) is 59.4 Å². The fraction of sp³-hybridized carbons (Fsp3) is 0.708. The number of likely N-dealkylation sites (N-methyl/N-ethyl adjacent to an activating group) is 1. The first-order chi connectivity index (χ1) is 15.7. The zero-order valence-electron chi connectivity index (χ0n) is 20.7. The molecule has 3 heterocycles. The van der Waals surface area contributed by atoms with E-state index in [0.717, 1.165) is 45.6 Å². The van der Waals surface area contributed by atoms with E-state index in [1.165, 1.54) is 0 Å². The normalized spacial score (nSPS) is 20.2. The fourth-order valence-electron chi connectivity index (χ4n) is 4.63. The van der Waals surface area contributed by atoms with Gasteiger partial charge in [-0.25, -0.2) is 4.79 Å². The molecular weight excluding hydrogens is 422 g/mol. The minimum Gasteiger partial charge on any atom is -0.459 e.